The first-order valence-electron chi connectivity index (χ1n) is 11.7. The molecule has 0 saturated carbocycles. The highest BCUT2D eigenvalue weighted by Crippen LogP contribution is 2.48. The lowest BCUT2D eigenvalue weighted by Crippen LogP contribution is -2.52. The number of fused-ring (bicyclic) bond motifs is 4. The summed E-state index contributed by atoms with van der Waals surface area (Å²) < 4.78 is 2.12. The van der Waals surface area contributed by atoms with Gasteiger partial charge in [-0.2, -0.15) is 0 Å². The van der Waals surface area contributed by atoms with Gasteiger partial charge in [-0.3, -0.25) is 19.4 Å². The van der Waals surface area contributed by atoms with Crippen LogP contribution in [0.5, 0.6) is 0 Å². The SMILES string of the molecule is CN1C(=O)C(=Cc2c3n(C)c4ccccc4c(-c4ccccc4)c-3c3ccccc23)C(=O)N(C)C1=O. The Labute approximate surface area is 208 Å². The minimum atomic E-state index is -0.637. The summed E-state index contributed by atoms with van der Waals surface area (Å²) in [5, 5.41) is 3.09. The van der Waals surface area contributed by atoms with Gasteiger partial charge in [-0.25, -0.2) is 4.79 Å². The maximum atomic E-state index is 13.1. The molecule has 0 unspecified atom stereocenters. The molecule has 1 aliphatic carbocycles. The summed E-state index contributed by atoms with van der Waals surface area (Å²) >= 11 is 0. The van der Waals surface area contributed by atoms with Gasteiger partial charge in [0.2, 0.25) is 0 Å². The first kappa shape index (κ1) is 21.8. The zero-order chi connectivity index (χ0) is 25.1. The molecule has 36 heavy (non-hydrogen) atoms. The lowest BCUT2D eigenvalue weighted by Gasteiger charge is -2.29. The number of rotatable bonds is 2. The molecule has 0 radical (unpaired) electrons. The maximum Gasteiger partial charge on any atom is 0.333 e. The largest absolute Gasteiger partial charge is 0.343 e. The van der Waals surface area contributed by atoms with Gasteiger partial charge in [-0.05, 0) is 28.5 Å². The molecule has 0 N–H and O–H groups in total. The lowest BCUT2D eigenvalue weighted by atomic mass is 9.92. The van der Waals surface area contributed by atoms with Crippen LogP contribution in [-0.2, 0) is 16.6 Å². The molecule has 6 heteroatoms. The first-order valence-corrected chi connectivity index (χ1v) is 11.7. The summed E-state index contributed by atoms with van der Waals surface area (Å²) in [7, 11) is 4.79. The van der Waals surface area contributed by atoms with Crippen LogP contribution in [0, 0.1) is 0 Å². The van der Waals surface area contributed by atoms with E-state index in [0.717, 1.165) is 59.4 Å². The van der Waals surface area contributed by atoms with Crippen LogP contribution < -0.4 is 0 Å². The second kappa shape index (κ2) is 7.92. The summed E-state index contributed by atoms with van der Waals surface area (Å²) in [6.45, 7) is 0. The van der Waals surface area contributed by atoms with Crippen LogP contribution in [-0.4, -0.2) is 46.3 Å². The number of hydrogen-bond acceptors (Lipinski definition) is 3. The Kier molecular flexibility index (Phi) is 4.79. The van der Waals surface area contributed by atoms with Crippen LogP contribution in [0.1, 0.15) is 5.56 Å². The number of hydrogen-bond donors (Lipinski definition) is 0. The van der Waals surface area contributed by atoms with E-state index in [0.29, 0.717) is 0 Å². The number of carbonyl (C=O) groups is 3. The van der Waals surface area contributed by atoms with Gasteiger partial charge < -0.3 is 4.57 Å². The summed E-state index contributed by atoms with van der Waals surface area (Å²) in [5.41, 5.74) is 5.94. The second-order valence-corrected chi connectivity index (χ2v) is 9.07. The van der Waals surface area contributed by atoms with Crippen molar-refractivity contribution >= 4 is 45.6 Å². The van der Waals surface area contributed by atoms with E-state index < -0.39 is 17.8 Å². The van der Waals surface area contributed by atoms with Crippen LogP contribution >= 0.6 is 0 Å². The normalized spacial score (nSPS) is 14.5. The van der Waals surface area contributed by atoms with Crippen molar-refractivity contribution in [2.45, 2.75) is 0 Å². The van der Waals surface area contributed by atoms with E-state index in [1.54, 1.807) is 6.08 Å². The standard InChI is InChI=1S/C30H23N3O3/c1-31-24-16-10-9-15-21(24)25(18-11-5-4-6-12-18)26-20-14-8-7-13-19(20)22(27(26)31)17-23-28(34)32(2)30(36)33(3)29(23)35/h4-17H,1-3H3. The molecule has 4 amide bonds. The molecule has 2 aliphatic heterocycles. The fraction of sp³-hybridized carbons (Fsp3) is 0.100. The number of likely N-dealkylation sites (N-methyl/N-ethyl adjacent to an activating group) is 2. The molecule has 176 valence electrons. The third kappa shape index (κ3) is 2.94. The number of barbiturate groups is 1. The number of carbonyl (C=O) groups excluding carboxylic acids is 3. The molecular weight excluding hydrogens is 450 g/mol. The third-order valence-corrected chi connectivity index (χ3v) is 7.09. The van der Waals surface area contributed by atoms with Gasteiger partial charge in [-0.1, -0.05) is 72.8 Å². The van der Waals surface area contributed by atoms with Crippen LogP contribution in [0.25, 0.3) is 50.1 Å². The van der Waals surface area contributed by atoms with Crippen molar-refractivity contribution in [1.82, 2.24) is 14.4 Å². The topological polar surface area (TPSA) is 62.6 Å². The Balaban J connectivity index is 1.77. The zero-order valence-corrected chi connectivity index (χ0v) is 20.1. The highest BCUT2D eigenvalue weighted by molar-refractivity contribution is 6.32. The Bertz CT molecular complexity index is 1700. The van der Waals surface area contributed by atoms with E-state index >= 15 is 0 Å². The molecule has 0 aromatic heterocycles. The van der Waals surface area contributed by atoms with Crippen molar-refractivity contribution in [2.75, 3.05) is 14.1 Å². The van der Waals surface area contributed by atoms with E-state index in [4.69, 9.17) is 0 Å². The second-order valence-electron chi connectivity index (χ2n) is 9.07. The molecule has 0 bridgehead atoms. The average molecular weight is 474 g/mol. The molecule has 6 rings (SSSR count). The van der Waals surface area contributed by atoms with E-state index in [2.05, 4.69) is 34.9 Å². The number of aryl methyl sites for hydroxylation is 1. The third-order valence-electron chi connectivity index (χ3n) is 7.09. The van der Waals surface area contributed by atoms with Crippen LogP contribution in [0.15, 0.2) is 84.4 Å². The Morgan fingerprint density at radius 3 is 1.83 bits per heavy atom. The number of benzene rings is 3. The monoisotopic (exact) mass is 473 g/mol. The highest BCUT2D eigenvalue weighted by Gasteiger charge is 2.38. The predicted octanol–water partition coefficient (Wildman–Crippen LogP) is 5.54. The van der Waals surface area contributed by atoms with Gasteiger partial charge >= 0.3 is 6.03 Å². The molecular formula is C30H23N3O3. The van der Waals surface area contributed by atoms with Crippen LogP contribution in [0.3, 0.4) is 0 Å². The fourth-order valence-corrected chi connectivity index (χ4v) is 5.33. The van der Waals surface area contributed by atoms with Crippen molar-refractivity contribution in [3.05, 3.63) is 90.0 Å². The molecule has 1 fully saturated rings. The van der Waals surface area contributed by atoms with Crippen molar-refractivity contribution in [2.24, 2.45) is 7.05 Å². The molecule has 1 saturated heterocycles. The predicted molar refractivity (Wildman–Crippen MR) is 141 cm³/mol. The minimum Gasteiger partial charge on any atom is -0.343 e. The molecule has 0 spiro atoms. The number of aromatic nitrogens is 1. The molecule has 6 nitrogen and oxygen atoms in total. The van der Waals surface area contributed by atoms with Crippen molar-refractivity contribution < 1.29 is 14.4 Å². The number of para-hydroxylation sites is 1. The first-order chi connectivity index (χ1) is 17.4. The van der Waals surface area contributed by atoms with Gasteiger partial charge in [0.1, 0.15) is 5.57 Å². The Morgan fingerprint density at radius 1 is 0.611 bits per heavy atom. The van der Waals surface area contributed by atoms with Gasteiger partial charge in [0.05, 0.1) is 5.69 Å². The number of nitrogens with zero attached hydrogens (tertiary/aromatic N) is 3. The lowest BCUT2D eigenvalue weighted by molar-refractivity contribution is -0.134. The fourth-order valence-electron chi connectivity index (χ4n) is 5.33. The zero-order valence-electron chi connectivity index (χ0n) is 20.1. The molecule has 2 heterocycles. The average Bonchev–Trinajstić information content (AvgIpc) is 3.24. The number of imide groups is 2. The minimum absolute atomic E-state index is 0.0355. The number of pyridine rings is 1. The van der Waals surface area contributed by atoms with Crippen molar-refractivity contribution in [3.63, 3.8) is 0 Å². The summed E-state index contributed by atoms with van der Waals surface area (Å²) in [4.78, 5) is 40.4. The van der Waals surface area contributed by atoms with Gasteiger partial charge in [0.15, 0.2) is 0 Å². The highest BCUT2D eigenvalue weighted by atomic mass is 16.2. The Hall–Kier alpha value is -4.71. The van der Waals surface area contributed by atoms with Crippen molar-refractivity contribution in [1.29, 1.82) is 0 Å². The van der Waals surface area contributed by atoms with E-state index in [1.165, 1.54) is 14.1 Å². The van der Waals surface area contributed by atoms with Crippen LogP contribution in [0.2, 0.25) is 0 Å². The van der Waals surface area contributed by atoms with E-state index in [9.17, 15) is 14.4 Å². The van der Waals surface area contributed by atoms with Crippen LogP contribution in [0.4, 0.5) is 4.79 Å². The summed E-state index contributed by atoms with van der Waals surface area (Å²) in [6, 6.07) is 25.9. The maximum absolute atomic E-state index is 13.1. The summed E-state index contributed by atoms with van der Waals surface area (Å²) in [5.74, 6) is -1.21. The van der Waals surface area contributed by atoms with E-state index in [1.807, 2.05) is 55.6 Å². The Morgan fingerprint density at radius 2 is 1.17 bits per heavy atom. The van der Waals surface area contributed by atoms with Crippen molar-refractivity contribution in [3.8, 4) is 22.4 Å². The van der Waals surface area contributed by atoms with Gasteiger partial charge in [-0.15, -0.1) is 0 Å². The van der Waals surface area contributed by atoms with Gasteiger partial charge in [0.25, 0.3) is 11.8 Å². The molecule has 0 atom stereocenters. The van der Waals surface area contributed by atoms with E-state index in [-0.39, 0.29) is 5.57 Å². The van der Waals surface area contributed by atoms with Gasteiger partial charge in [0, 0.05) is 48.7 Å². The quantitative estimate of drug-likeness (QED) is 0.250. The number of amides is 4. The molecule has 3 aliphatic rings. The number of urea groups is 1. The smallest absolute Gasteiger partial charge is 0.333 e. The molecule has 3 aromatic carbocycles. The molecule has 3 aromatic rings. The summed E-state index contributed by atoms with van der Waals surface area (Å²) in [6.07, 6.45) is 1.65.